The summed E-state index contributed by atoms with van der Waals surface area (Å²) < 4.78 is 13.2. The highest BCUT2D eigenvalue weighted by atomic mass is 35.5. The number of fused-ring (bicyclic) bond motifs is 1. The predicted molar refractivity (Wildman–Crippen MR) is 79.1 cm³/mol. The van der Waals surface area contributed by atoms with E-state index in [4.69, 9.17) is 17.3 Å². The summed E-state index contributed by atoms with van der Waals surface area (Å²) in [6, 6.07) is 9.79. The predicted octanol–water partition coefficient (Wildman–Crippen LogP) is 3.98. The van der Waals surface area contributed by atoms with Crippen molar-refractivity contribution < 1.29 is 4.39 Å². The van der Waals surface area contributed by atoms with Gasteiger partial charge in [0.1, 0.15) is 11.6 Å². The van der Waals surface area contributed by atoms with Crippen LogP contribution >= 0.6 is 11.6 Å². The number of nitrogens with zero attached hydrogens (tertiary/aromatic N) is 2. The first-order valence-electron chi connectivity index (χ1n) is 6.04. The van der Waals surface area contributed by atoms with Gasteiger partial charge in [-0.05, 0) is 36.8 Å². The molecule has 100 valence electrons. The summed E-state index contributed by atoms with van der Waals surface area (Å²) in [4.78, 5) is 8.69. The van der Waals surface area contributed by atoms with Gasteiger partial charge in [-0.3, -0.25) is 0 Å². The molecule has 0 amide bonds. The number of rotatable bonds is 1. The average Bonchev–Trinajstić information content (AvgIpc) is 2.42. The Morgan fingerprint density at radius 2 is 1.95 bits per heavy atom. The highest BCUT2D eigenvalue weighted by Crippen LogP contribution is 2.28. The number of benzene rings is 2. The lowest BCUT2D eigenvalue weighted by Crippen LogP contribution is -1.99. The first-order valence-corrected chi connectivity index (χ1v) is 6.42. The van der Waals surface area contributed by atoms with E-state index in [1.54, 1.807) is 12.1 Å². The second-order valence-corrected chi connectivity index (χ2v) is 4.91. The quantitative estimate of drug-likeness (QED) is 0.736. The molecule has 3 rings (SSSR count). The van der Waals surface area contributed by atoms with Gasteiger partial charge in [-0.2, -0.15) is 0 Å². The normalized spacial score (nSPS) is 10.9. The van der Waals surface area contributed by atoms with Crippen LogP contribution in [0.4, 0.5) is 10.2 Å². The van der Waals surface area contributed by atoms with Gasteiger partial charge in [-0.15, -0.1) is 0 Å². The zero-order chi connectivity index (χ0) is 14.3. The minimum atomic E-state index is -0.362. The Kier molecular flexibility index (Phi) is 3.03. The molecule has 1 heterocycles. The van der Waals surface area contributed by atoms with Gasteiger partial charge in [0.25, 0.3) is 0 Å². The van der Waals surface area contributed by atoms with Crippen LogP contribution in [0.5, 0.6) is 0 Å². The number of nitrogens with two attached hydrogens (primary N) is 1. The molecule has 3 nitrogen and oxygen atoms in total. The molecule has 0 saturated heterocycles. The summed E-state index contributed by atoms with van der Waals surface area (Å²) in [5.41, 5.74) is 8.20. The van der Waals surface area contributed by atoms with Crippen LogP contribution in [0.15, 0.2) is 36.4 Å². The molecular formula is C15H11ClFN3. The van der Waals surface area contributed by atoms with Gasteiger partial charge in [-0.25, -0.2) is 14.4 Å². The molecule has 3 aromatic rings. The van der Waals surface area contributed by atoms with Gasteiger partial charge in [0.2, 0.25) is 0 Å². The van der Waals surface area contributed by atoms with Crippen molar-refractivity contribution >= 4 is 28.3 Å². The maximum Gasteiger partial charge on any atom is 0.162 e. The highest BCUT2D eigenvalue weighted by Gasteiger charge is 2.11. The fraction of sp³-hybridized carbons (Fsp3) is 0.0667. The Morgan fingerprint density at radius 3 is 2.75 bits per heavy atom. The molecule has 2 aromatic carbocycles. The second kappa shape index (κ2) is 4.72. The molecule has 0 unspecified atom stereocenters. The van der Waals surface area contributed by atoms with E-state index in [1.807, 2.05) is 19.1 Å². The number of nitrogen functional groups attached to an aromatic ring is 1. The minimum Gasteiger partial charge on any atom is -0.383 e. The van der Waals surface area contributed by atoms with Crippen molar-refractivity contribution in [3.05, 3.63) is 52.8 Å². The van der Waals surface area contributed by atoms with E-state index in [1.165, 1.54) is 12.1 Å². The van der Waals surface area contributed by atoms with Gasteiger partial charge in [0.05, 0.1) is 5.52 Å². The lowest BCUT2D eigenvalue weighted by Gasteiger charge is -2.09. The second-order valence-electron chi connectivity index (χ2n) is 4.51. The third kappa shape index (κ3) is 2.08. The van der Waals surface area contributed by atoms with Crippen molar-refractivity contribution in [3.8, 4) is 11.4 Å². The third-order valence-electron chi connectivity index (χ3n) is 3.20. The molecule has 0 aliphatic carbocycles. The van der Waals surface area contributed by atoms with Gasteiger partial charge in [-0.1, -0.05) is 23.7 Å². The van der Waals surface area contributed by atoms with E-state index in [0.717, 1.165) is 11.1 Å². The van der Waals surface area contributed by atoms with Crippen LogP contribution in [0.2, 0.25) is 5.02 Å². The summed E-state index contributed by atoms with van der Waals surface area (Å²) in [5.74, 6) is 0.380. The van der Waals surface area contributed by atoms with Crippen LogP contribution in [-0.4, -0.2) is 9.97 Å². The van der Waals surface area contributed by atoms with Crippen LogP contribution in [0.25, 0.3) is 22.3 Å². The Morgan fingerprint density at radius 1 is 1.15 bits per heavy atom. The molecule has 0 saturated carbocycles. The number of hydrogen-bond acceptors (Lipinski definition) is 3. The standard InChI is InChI=1S/C15H11ClFN3/c1-8-10(3-2-4-12(8)16)15-19-13-6-5-9(17)7-11(13)14(18)20-15/h2-7H,1H3,(H2,18,19,20). The van der Waals surface area contributed by atoms with Crippen LogP contribution in [0.1, 0.15) is 5.56 Å². The molecule has 1 aromatic heterocycles. The Hall–Kier alpha value is -2.20. The maximum atomic E-state index is 13.2. The number of aromatic nitrogens is 2. The number of halogens is 2. The zero-order valence-corrected chi connectivity index (χ0v) is 11.4. The number of hydrogen-bond donors (Lipinski definition) is 1. The molecule has 20 heavy (non-hydrogen) atoms. The molecule has 0 spiro atoms. The SMILES string of the molecule is Cc1c(Cl)cccc1-c1nc(N)c2cc(F)ccc2n1. The van der Waals surface area contributed by atoms with E-state index in [2.05, 4.69) is 9.97 Å². The van der Waals surface area contributed by atoms with Gasteiger partial charge in [0.15, 0.2) is 5.82 Å². The molecule has 0 bridgehead atoms. The average molecular weight is 288 g/mol. The first-order chi connectivity index (χ1) is 9.56. The Bertz CT molecular complexity index is 818. The third-order valence-corrected chi connectivity index (χ3v) is 3.61. The lowest BCUT2D eigenvalue weighted by atomic mass is 10.1. The van der Waals surface area contributed by atoms with E-state index in [0.29, 0.717) is 21.7 Å². The smallest absolute Gasteiger partial charge is 0.162 e. The molecule has 0 radical (unpaired) electrons. The summed E-state index contributed by atoms with van der Waals surface area (Å²) in [6.45, 7) is 1.89. The monoisotopic (exact) mass is 287 g/mol. The molecule has 2 N–H and O–H groups in total. The molecule has 0 atom stereocenters. The highest BCUT2D eigenvalue weighted by molar-refractivity contribution is 6.31. The van der Waals surface area contributed by atoms with Crippen molar-refractivity contribution in [3.63, 3.8) is 0 Å². The molecule has 5 heteroatoms. The first kappa shape index (κ1) is 12.8. The topological polar surface area (TPSA) is 51.8 Å². The summed E-state index contributed by atoms with van der Waals surface area (Å²) in [5, 5.41) is 1.15. The molecule has 0 aliphatic rings. The summed E-state index contributed by atoms with van der Waals surface area (Å²) >= 11 is 6.11. The van der Waals surface area contributed by atoms with E-state index in [-0.39, 0.29) is 11.6 Å². The van der Waals surface area contributed by atoms with Crippen molar-refractivity contribution in [2.24, 2.45) is 0 Å². The Labute approximate surface area is 120 Å². The van der Waals surface area contributed by atoms with Gasteiger partial charge < -0.3 is 5.73 Å². The van der Waals surface area contributed by atoms with Crippen LogP contribution in [-0.2, 0) is 0 Å². The molecular weight excluding hydrogens is 277 g/mol. The summed E-state index contributed by atoms with van der Waals surface area (Å²) in [7, 11) is 0. The van der Waals surface area contributed by atoms with E-state index >= 15 is 0 Å². The fourth-order valence-corrected chi connectivity index (χ4v) is 2.27. The minimum absolute atomic E-state index is 0.254. The number of anilines is 1. The summed E-state index contributed by atoms with van der Waals surface area (Å²) in [6.07, 6.45) is 0. The van der Waals surface area contributed by atoms with Crippen LogP contribution in [0, 0.1) is 12.7 Å². The van der Waals surface area contributed by atoms with Crippen molar-refractivity contribution in [1.82, 2.24) is 9.97 Å². The van der Waals surface area contributed by atoms with E-state index < -0.39 is 0 Å². The lowest BCUT2D eigenvalue weighted by molar-refractivity contribution is 0.629. The van der Waals surface area contributed by atoms with E-state index in [9.17, 15) is 4.39 Å². The maximum absolute atomic E-state index is 13.2. The van der Waals surface area contributed by atoms with Crippen molar-refractivity contribution in [1.29, 1.82) is 0 Å². The molecule has 0 aliphatic heterocycles. The van der Waals surface area contributed by atoms with Crippen LogP contribution in [0.3, 0.4) is 0 Å². The molecule has 0 fully saturated rings. The van der Waals surface area contributed by atoms with Crippen molar-refractivity contribution in [2.75, 3.05) is 5.73 Å². The Balaban J connectivity index is 2.28. The van der Waals surface area contributed by atoms with Gasteiger partial charge in [0, 0.05) is 16.0 Å². The van der Waals surface area contributed by atoms with Gasteiger partial charge >= 0.3 is 0 Å². The fourth-order valence-electron chi connectivity index (χ4n) is 2.09. The zero-order valence-electron chi connectivity index (χ0n) is 10.7. The van der Waals surface area contributed by atoms with Crippen molar-refractivity contribution in [2.45, 2.75) is 6.92 Å². The van der Waals surface area contributed by atoms with Crippen LogP contribution < -0.4 is 5.73 Å². The largest absolute Gasteiger partial charge is 0.383 e.